The van der Waals surface area contributed by atoms with Gasteiger partial charge in [0.1, 0.15) is 5.84 Å². The molecule has 1 saturated carbocycles. The molecule has 1 N–H and O–H groups in total. The van der Waals surface area contributed by atoms with Crippen molar-refractivity contribution in [3.05, 3.63) is 35.9 Å². The molecule has 1 aliphatic heterocycles. The Morgan fingerprint density at radius 2 is 1.72 bits per heavy atom. The van der Waals surface area contributed by atoms with Gasteiger partial charge in [-0.15, -0.1) is 0 Å². The normalized spacial score (nSPS) is 27.7. The summed E-state index contributed by atoms with van der Waals surface area (Å²) in [6.07, 6.45) is 8.05. The van der Waals surface area contributed by atoms with Gasteiger partial charge in [0.2, 0.25) is 0 Å². The van der Waals surface area contributed by atoms with E-state index in [1.165, 1.54) is 38.5 Å². The number of rotatable bonds is 1. The number of benzene rings is 1. The molecular formula is C16H22N2. The van der Waals surface area contributed by atoms with E-state index < -0.39 is 0 Å². The molecule has 1 aromatic carbocycles. The Labute approximate surface area is 110 Å². The lowest BCUT2D eigenvalue weighted by molar-refractivity contribution is 0.119. The van der Waals surface area contributed by atoms with Crippen LogP contribution in [0.4, 0.5) is 0 Å². The van der Waals surface area contributed by atoms with Crippen LogP contribution < -0.4 is 0 Å². The Kier molecular flexibility index (Phi) is 3.35. The van der Waals surface area contributed by atoms with Gasteiger partial charge in [-0.25, -0.2) is 0 Å². The van der Waals surface area contributed by atoms with Crippen molar-refractivity contribution in [2.24, 2.45) is 5.92 Å². The first-order chi connectivity index (χ1) is 8.86. The summed E-state index contributed by atoms with van der Waals surface area (Å²) in [6.45, 7) is 1.08. The van der Waals surface area contributed by atoms with Crippen LogP contribution in [0.25, 0.3) is 0 Å². The molecule has 0 radical (unpaired) electrons. The quantitative estimate of drug-likeness (QED) is 0.590. The molecule has 1 saturated heterocycles. The van der Waals surface area contributed by atoms with Gasteiger partial charge in [0.15, 0.2) is 0 Å². The highest BCUT2D eigenvalue weighted by atomic mass is 15.2. The third-order valence-electron chi connectivity index (χ3n) is 4.58. The van der Waals surface area contributed by atoms with Crippen LogP contribution in [0, 0.1) is 11.3 Å². The van der Waals surface area contributed by atoms with Crippen molar-refractivity contribution < 1.29 is 0 Å². The largest absolute Gasteiger partial charge is 0.353 e. The summed E-state index contributed by atoms with van der Waals surface area (Å²) in [5.41, 5.74) is 1.07. The number of fused-ring (bicyclic) bond motifs is 1. The molecule has 1 heterocycles. The lowest BCUT2D eigenvalue weighted by Crippen LogP contribution is -2.49. The second-order valence-electron chi connectivity index (χ2n) is 5.66. The monoisotopic (exact) mass is 242 g/mol. The second kappa shape index (κ2) is 5.13. The van der Waals surface area contributed by atoms with E-state index in [9.17, 15) is 0 Å². The fourth-order valence-electron chi connectivity index (χ4n) is 3.66. The Morgan fingerprint density at radius 3 is 2.56 bits per heavy atom. The maximum atomic E-state index is 8.47. The van der Waals surface area contributed by atoms with Crippen molar-refractivity contribution in [2.75, 3.05) is 6.54 Å². The molecule has 0 bridgehead atoms. The molecule has 2 aliphatic rings. The number of hydrogen-bond acceptors (Lipinski definition) is 1. The molecule has 0 aromatic heterocycles. The van der Waals surface area contributed by atoms with Gasteiger partial charge in [0.25, 0.3) is 0 Å². The van der Waals surface area contributed by atoms with Gasteiger partial charge < -0.3 is 4.90 Å². The Bertz CT molecular complexity index is 410. The van der Waals surface area contributed by atoms with Crippen molar-refractivity contribution in [3.8, 4) is 0 Å². The number of amidine groups is 1. The zero-order valence-corrected chi connectivity index (χ0v) is 10.9. The summed E-state index contributed by atoms with van der Waals surface area (Å²) in [5, 5.41) is 8.47. The highest BCUT2D eigenvalue weighted by Gasteiger charge is 2.34. The van der Waals surface area contributed by atoms with Gasteiger partial charge in [0.05, 0.1) is 0 Å². The predicted octanol–water partition coefficient (Wildman–Crippen LogP) is 3.67. The lowest BCUT2D eigenvalue weighted by Gasteiger charge is -2.45. The van der Waals surface area contributed by atoms with E-state index in [4.69, 9.17) is 5.41 Å². The molecular weight excluding hydrogens is 220 g/mol. The molecule has 2 unspecified atom stereocenters. The first-order valence-corrected chi connectivity index (χ1v) is 7.27. The van der Waals surface area contributed by atoms with E-state index in [2.05, 4.69) is 17.0 Å². The minimum absolute atomic E-state index is 0.639. The van der Waals surface area contributed by atoms with Crippen LogP contribution in [0.3, 0.4) is 0 Å². The van der Waals surface area contributed by atoms with Crippen LogP contribution in [0.1, 0.15) is 44.1 Å². The van der Waals surface area contributed by atoms with Crippen LogP contribution in [-0.4, -0.2) is 23.3 Å². The first kappa shape index (κ1) is 11.8. The van der Waals surface area contributed by atoms with Gasteiger partial charge in [-0.2, -0.15) is 0 Å². The van der Waals surface area contributed by atoms with Crippen molar-refractivity contribution >= 4 is 5.84 Å². The summed E-state index contributed by atoms with van der Waals surface area (Å²) >= 11 is 0. The zero-order chi connectivity index (χ0) is 12.4. The van der Waals surface area contributed by atoms with E-state index in [1.54, 1.807) is 0 Å². The van der Waals surface area contributed by atoms with E-state index in [0.717, 1.165) is 23.9 Å². The van der Waals surface area contributed by atoms with E-state index in [1.807, 2.05) is 18.2 Å². The van der Waals surface area contributed by atoms with Crippen molar-refractivity contribution in [1.29, 1.82) is 5.41 Å². The third-order valence-corrected chi connectivity index (χ3v) is 4.58. The molecule has 2 heteroatoms. The summed E-state index contributed by atoms with van der Waals surface area (Å²) in [4.78, 5) is 2.38. The maximum absolute atomic E-state index is 8.47. The molecule has 2 atom stereocenters. The minimum Gasteiger partial charge on any atom is -0.353 e. The Hall–Kier alpha value is -1.31. The fourth-order valence-corrected chi connectivity index (χ4v) is 3.66. The number of likely N-dealkylation sites (tertiary alicyclic amines) is 1. The average molecular weight is 242 g/mol. The molecule has 3 rings (SSSR count). The first-order valence-electron chi connectivity index (χ1n) is 7.27. The highest BCUT2D eigenvalue weighted by Crippen LogP contribution is 2.35. The number of hydrogen-bond donors (Lipinski definition) is 1. The average Bonchev–Trinajstić information content (AvgIpc) is 2.47. The van der Waals surface area contributed by atoms with Gasteiger partial charge in [0, 0.05) is 18.2 Å². The Morgan fingerprint density at radius 1 is 1.00 bits per heavy atom. The van der Waals surface area contributed by atoms with Gasteiger partial charge >= 0.3 is 0 Å². The topological polar surface area (TPSA) is 27.1 Å². The van der Waals surface area contributed by atoms with Gasteiger partial charge in [-0.1, -0.05) is 43.2 Å². The summed E-state index contributed by atoms with van der Waals surface area (Å²) in [6, 6.07) is 10.9. The van der Waals surface area contributed by atoms with Crippen LogP contribution in [-0.2, 0) is 0 Å². The lowest BCUT2D eigenvalue weighted by atomic mass is 9.78. The molecule has 2 fully saturated rings. The standard InChI is InChI=1S/C16H22N2/c17-16(14-8-2-1-3-9-14)18-12-6-10-13-7-4-5-11-15(13)18/h1-3,8-9,13,15,17H,4-7,10-12H2. The van der Waals surface area contributed by atoms with Crippen molar-refractivity contribution in [2.45, 2.75) is 44.6 Å². The SMILES string of the molecule is N=C(c1ccccc1)N1CCCC2CCCCC21. The fraction of sp³-hybridized carbons (Fsp3) is 0.562. The molecule has 0 spiro atoms. The number of piperidine rings is 1. The number of nitrogens with zero attached hydrogens (tertiary/aromatic N) is 1. The number of nitrogens with one attached hydrogen (secondary N) is 1. The van der Waals surface area contributed by atoms with Crippen LogP contribution in [0.5, 0.6) is 0 Å². The van der Waals surface area contributed by atoms with Gasteiger partial charge in [-0.3, -0.25) is 5.41 Å². The smallest absolute Gasteiger partial charge is 0.128 e. The van der Waals surface area contributed by atoms with Gasteiger partial charge in [-0.05, 0) is 31.6 Å². The minimum atomic E-state index is 0.639. The summed E-state index contributed by atoms with van der Waals surface area (Å²) < 4.78 is 0. The molecule has 18 heavy (non-hydrogen) atoms. The molecule has 0 amide bonds. The second-order valence-corrected chi connectivity index (χ2v) is 5.66. The van der Waals surface area contributed by atoms with E-state index >= 15 is 0 Å². The van der Waals surface area contributed by atoms with Crippen molar-refractivity contribution in [3.63, 3.8) is 0 Å². The van der Waals surface area contributed by atoms with Crippen LogP contribution in [0.2, 0.25) is 0 Å². The maximum Gasteiger partial charge on any atom is 0.128 e. The summed E-state index contributed by atoms with van der Waals surface area (Å²) in [5.74, 6) is 1.59. The van der Waals surface area contributed by atoms with E-state index in [0.29, 0.717) is 6.04 Å². The highest BCUT2D eigenvalue weighted by molar-refractivity contribution is 5.96. The predicted molar refractivity (Wildman–Crippen MR) is 75.0 cm³/mol. The Balaban J connectivity index is 1.80. The zero-order valence-electron chi connectivity index (χ0n) is 10.9. The van der Waals surface area contributed by atoms with Crippen molar-refractivity contribution in [1.82, 2.24) is 4.90 Å². The van der Waals surface area contributed by atoms with E-state index in [-0.39, 0.29) is 0 Å². The third kappa shape index (κ3) is 2.16. The molecule has 1 aliphatic carbocycles. The molecule has 1 aromatic rings. The van der Waals surface area contributed by atoms with Crippen LogP contribution in [0.15, 0.2) is 30.3 Å². The molecule has 2 nitrogen and oxygen atoms in total. The summed E-state index contributed by atoms with van der Waals surface area (Å²) in [7, 11) is 0. The molecule has 96 valence electrons. The van der Waals surface area contributed by atoms with Crippen LogP contribution >= 0.6 is 0 Å².